The van der Waals surface area contributed by atoms with Gasteiger partial charge in [0.15, 0.2) is 0 Å². The summed E-state index contributed by atoms with van der Waals surface area (Å²) in [6.07, 6.45) is 3.14. The molecule has 5 rings (SSSR count). The zero-order chi connectivity index (χ0) is 20.2. The average Bonchev–Trinajstić information content (AvgIpc) is 3.24. The van der Waals surface area contributed by atoms with Gasteiger partial charge >= 0.3 is 180 Å². The van der Waals surface area contributed by atoms with E-state index in [0.717, 1.165) is 6.42 Å². The third kappa shape index (κ3) is 4.09. The van der Waals surface area contributed by atoms with E-state index in [1.807, 2.05) is 0 Å². The van der Waals surface area contributed by atoms with Gasteiger partial charge in [-0.25, -0.2) is 0 Å². The number of aliphatic hydroxyl groups is 1. The van der Waals surface area contributed by atoms with Gasteiger partial charge in [0.25, 0.3) is 0 Å². The van der Waals surface area contributed by atoms with Gasteiger partial charge in [-0.05, 0) is 0 Å². The first kappa shape index (κ1) is 24.7. The Bertz CT molecular complexity index is 1200. The van der Waals surface area contributed by atoms with E-state index >= 15 is 0 Å². The second-order valence-electron chi connectivity index (χ2n) is 9.05. The summed E-state index contributed by atoms with van der Waals surface area (Å²) in [7, 11) is 0. The fourth-order valence-electron chi connectivity index (χ4n) is 5.41. The first-order valence-corrected chi connectivity index (χ1v) is 22.7. The zero-order valence-electron chi connectivity index (χ0n) is 18.0. The van der Waals surface area contributed by atoms with Gasteiger partial charge in [0, 0.05) is 0 Å². The first-order valence-electron chi connectivity index (χ1n) is 10.5. The van der Waals surface area contributed by atoms with Gasteiger partial charge in [0.1, 0.15) is 0 Å². The number of rotatable bonds is 4. The molecular weight excluding hydrogens is 519 g/mol. The van der Waals surface area contributed by atoms with E-state index in [-0.39, 0.29) is 37.3 Å². The van der Waals surface area contributed by atoms with Gasteiger partial charge < -0.3 is 0 Å². The number of allylic oxidation sites excluding steroid dienone is 1. The summed E-state index contributed by atoms with van der Waals surface area (Å²) in [4.78, 5) is 0. The van der Waals surface area contributed by atoms with Crippen LogP contribution in [0, 0.1) is 0 Å². The summed E-state index contributed by atoms with van der Waals surface area (Å²) in [6, 6.07) is 24.8. The Morgan fingerprint density at radius 3 is 2.03 bits per heavy atom. The maximum absolute atomic E-state index is 9.60. The monoisotopic (exact) mass is 545 g/mol. The molecule has 0 aliphatic heterocycles. The van der Waals surface area contributed by atoms with Crippen LogP contribution < -0.4 is 0 Å². The molecule has 2 aliphatic carbocycles. The molecule has 0 amide bonds. The molecule has 1 N–H and O–H groups in total. The Balaban J connectivity index is 0.00000136. The summed E-state index contributed by atoms with van der Waals surface area (Å²) in [5, 5.41) is 9.60. The van der Waals surface area contributed by atoms with Crippen molar-refractivity contribution < 1.29 is 24.0 Å². The predicted molar refractivity (Wildman–Crippen MR) is 136 cm³/mol. The molecule has 2 atom stereocenters. The molecule has 3 aromatic carbocycles. The molecule has 0 saturated carbocycles. The second kappa shape index (κ2) is 9.49. The molecule has 0 heterocycles. The topological polar surface area (TPSA) is 20.2 Å². The third-order valence-electron chi connectivity index (χ3n) is 6.50. The predicted octanol–water partition coefficient (Wildman–Crippen LogP) is 6.31. The first-order chi connectivity index (χ1) is 14.0. The third-order valence-corrected chi connectivity index (χ3v) is 14.2. The summed E-state index contributed by atoms with van der Waals surface area (Å²) < 4.78 is 5.76. The van der Waals surface area contributed by atoms with Gasteiger partial charge in [-0.2, -0.15) is 0 Å². The molecule has 0 radical (unpaired) electrons. The normalized spacial score (nSPS) is 18.2. The van der Waals surface area contributed by atoms with Crippen molar-refractivity contribution in [1.82, 2.24) is 0 Å². The van der Waals surface area contributed by atoms with Crippen LogP contribution in [-0.2, 0) is 18.9 Å². The molecule has 2 aliphatic rings. The van der Waals surface area contributed by atoms with Gasteiger partial charge in [-0.15, -0.1) is 24.8 Å². The molecule has 2 unspecified atom stereocenters. The van der Waals surface area contributed by atoms with E-state index in [4.69, 9.17) is 0 Å². The van der Waals surface area contributed by atoms with Crippen LogP contribution in [0.25, 0.3) is 16.7 Å². The van der Waals surface area contributed by atoms with Crippen LogP contribution >= 0.6 is 24.8 Å². The van der Waals surface area contributed by atoms with Crippen molar-refractivity contribution in [2.24, 2.45) is 0 Å². The van der Waals surface area contributed by atoms with Crippen LogP contribution in [0.1, 0.15) is 43.8 Å². The average molecular weight is 548 g/mol. The van der Waals surface area contributed by atoms with Crippen molar-refractivity contribution in [3.05, 3.63) is 101 Å². The molecule has 0 saturated heterocycles. The molecule has 0 spiro atoms. The van der Waals surface area contributed by atoms with Crippen molar-refractivity contribution in [3.63, 3.8) is 0 Å². The number of fused-ring (bicyclic) bond motifs is 4. The van der Waals surface area contributed by atoms with E-state index in [2.05, 4.69) is 88.9 Å². The van der Waals surface area contributed by atoms with Crippen LogP contribution in [0.2, 0.25) is 9.26 Å². The summed E-state index contributed by atoms with van der Waals surface area (Å²) in [6.45, 7) is 2.52. The molecule has 0 aromatic heterocycles. The zero-order valence-corrected chi connectivity index (χ0v) is 23.5. The van der Waals surface area contributed by atoms with Crippen LogP contribution in [0.3, 0.4) is 0 Å². The molecule has 0 fully saturated rings. The van der Waals surface area contributed by atoms with E-state index in [0.29, 0.717) is 3.63 Å². The Hall–Kier alpha value is -0.960. The molecule has 1 nitrogen and oxygen atoms in total. The van der Waals surface area contributed by atoms with Crippen LogP contribution in [0.5, 0.6) is 0 Å². The fourth-order valence-corrected chi connectivity index (χ4v) is 13.3. The van der Waals surface area contributed by atoms with Crippen molar-refractivity contribution in [1.29, 1.82) is 0 Å². The number of benzene rings is 3. The number of hydrogen-bond acceptors (Lipinski definition) is 1. The van der Waals surface area contributed by atoms with Crippen LogP contribution in [0.4, 0.5) is 0 Å². The van der Waals surface area contributed by atoms with E-state index in [1.54, 1.807) is 11.1 Å². The van der Waals surface area contributed by atoms with Crippen molar-refractivity contribution >= 4 is 37.3 Å². The molecular formula is C26H29Cl2OSiZr. The Morgan fingerprint density at radius 2 is 1.35 bits per heavy atom. The molecule has 5 heteroatoms. The Labute approximate surface area is 203 Å². The van der Waals surface area contributed by atoms with E-state index in [1.165, 1.54) is 33.4 Å². The van der Waals surface area contributed by atoms with Gasteiger partial charge in [-0.3, -0.25) is 0 Å². The van der Waals surface area contributed by atoms with Crippen molar-refractivity contribution in [3.8, 4) is 11.1 Å². The summed E-state index contributed by atoms with van der Waals surface area (Å²) in [5.74, 6) is 0.288. The SMILES string of the molecule is Cl.Cl.[CH3][Zr]([CH3])(=[SiH2])[CH]1c2ccccc2-c2cccc(C3C=C(CCO)c4ccccc43)c21. The molecule has 31 heavy (non-hydrogen) atoms. The standard InChI is InChI=1S/C24H19O.2CH3.2ClH.H2Si.Zr/c25-13-12-17-15-24(20-9-4-3-8-19(17)20)22-11-5-10-21-18-7-2-1-6-16(18)14-23(21)22;;;;;;/h1-11,14-15,24-25H,12-13H2;2*1H3;2*1H;1H2;. The number of aliphatic hydroxyl groups excluding tert-OH is 1. The Morgan fingerprint density at radius 1 is 0.774 bits per heavy atom. The van der Waals surface area contributed by atoms with Gasteiger partial charge in [-0.1, -0.05) is 0 Å². The van der Waals surface area contributed by atoms with Crippen LogP contribution in [-0.4, -0.2) is 18.6 Å². The van der Waals surface area contributed by atoms with E-state index < -0.39 is 18.9 Å². The number of halogens is 2. The summed E-state index contributed by atoms with van der Waals surface area (Å²) in [5.41, 5.74) is 11.5. The van der Waals surface area contributed by atoms with Gasteiger partial charge in [0.2, 0.25) is 0 Å². The van der Waals surface area contributed by atoms with E-state index in [9.17, 15) is 5.11 Å². The van der Waals surface area contributed by atoms with Gasteiger partial charge in [0.05, 0.1) is 0 Å². The fraction of sp³-hybridized carbons (Fsp3) is 0.231. The molecule has 0 bridgehead atoms. The molecule has 3 aromatic rings. The minimum absolute atomic E-state index is 0. The maximum atomic E-state index is 9.60. The van der Waals surface area contributed by atoms with Crippen molar-refractivity contribution in [2.75, 3.05) is 6.61 Å². The summed E-state index contributed by atoms with van der Waals surface area (Å²) >= 11 is -2.30. The second-order valence-corrected chi connectivity index (χ2v) is 31.0. The Kier molecular flexibility index (Phi) is 7.56. The quantitative estimate of drug-likeness (QED) is 0.380. The van der Waals surface area contributed by atoms with Crippen LogP contribution in [0.15, 0.2) is 72.8 Å². The minimum atomic E-state index is -2.30. The van der Waals surface area contributed by atoms with Crippen molar-refractivity contribution in [2.45, 2.75) is 25.2 Å². The number of hydrogen-bond donors (Lipinski definition) is 1. The molecule has 161 valence electrons.